The molecule has 1 atom stereocenters. The summed E-state index contributed by atoms with van der Waals surface area (Å²) in [5, 5.41) is 7.32. The molecule has 0 bridgehead atoms. The van der Waals surface area contributed by atoms with Gasteiger partial charge in [0.05, 0.1) is 50.3 Å². The van der Waals surface area contributed by atoms with Gasteiger partial charge in [-0.1, -0.05) is 0 Å². The first kappa shape index (κ1) is 22.7. The van der Waals surface area contributed by atoms with Crippen LogP contribution in [0.15, 0.2) is 48.5 Å². The Bertz CT molecular complexity index is 1270. The van der Waals surface area contributed by atoms with Crippen LogP contribution in [0.2, 0.25) is 0 Å². The zero-order valence-electron chi connectivity index (χ0n) is 18.6. The fourth-order valence-corrected chi connectivity index (χ4v) is 5.51. The number of carbonyl (C=O) groups is 1. The first-order chi connectivity index (χ1) is 15.8. The van der Waals surface area contributed by atoms with E-state index in [0.717, 1.165) is 5.56 Å². The molecule has 2 heterocycles. The van der Waals surface area contributed by atoms with E-state index in [-0.39, 0.29) is 23.2 Å². The van der Waals surface area contributed by atoms with Crippen molar-refractivity contribution < 1.29 is 27.4 Å². The molecule has 174 valence electrons. The van der Waals surface area contributed by atoms with Gasteiger partial charge in [-0.15, -0.1) is 0 Å². The zero-order chi connectivity index (χ0) is 23.6. The van der Waals surface area contributed by atoms with Gasteiger partial charge in [-0.25, -0.2) is 8.42 Å². The van der Waals surface area contributed by atoms with Crippen molar-refractivity contribution in [3.63, 3.8) is 0 Å². The Labute approximate surface area is 192 Å². The summed E-state index contributed by atoms with van der Waals surface area (Å²) in [4.78, 5) is 13.1. The summed E-state index contributed by atoms with van der Waals surface area (Å²) >= 11 is 0. The molecule has 0 radical (unpaired) electrons. The number of nitrogens with one attached hydrogen (secondary N) is 1. The molecule has 33 heavy (non-hydrogen) atoms. The van der Waals surface area contributed by atoms with Gasteiger partial charge in [-0.05, 0) is 48.9 Å². The molecule has 0 aliphatic carbocycles. The molecule has 0 spiro atoms. The summed E-state index contributed by atoms with van der Waals surface area (Å²) in [6.07, 6.45) is 0.445. The van der Waals surface area contributed by atoms with E-state index in [1.165, 1.54) is 7.11 Å². The molecule has 4 rings (SSSR count). The highest BCUT2D eigenvalue weighted by Gasteiger charge is 2.32. The lowest BCUT2D eigenvalue weighted by molar-refractivity contribution is 0.102. The number of carbonyl (C=O) groups excluding carboxylic acids is 1. The van der Waals surface area contributed by atoms with Crippen LogP contribution in [-0.2, 0) is 9.84 Å². The Morgan fingerprint density at radius 2 is 1.70 bits per heavy atom. The minimum atomic E-state index is -3.14. The number of rotatable bonds is 7. The van der Waals surface area contributed by atoms with Gasteiger partial charge in [0.2, 0.25) is 0 Å². The van der Waals surface area contributed by atoms with Crippen LogP contribution in [0.5, 0.6) is 17.2 Å². The highest BCUT2D eigenvalue weighted by Crippen LogP contribution is 2.32. The number of ether oxygens (including phenoxy) is 3. The Morgan fingerprint density at radius 1 is 1.00 bits per heavy atom. The van der Waals surface area contributed by atoms with E-state index in [9.17, 15) is 13.2 Å². The highest BCUT2D eigenvalue weighted by molar-refractivity contribution is 7.91. The van der Waals surface area contributed by atoms with Crippen molar-refractivity contribution in [1.29, 1.82) is 0 Å². The molecule has 0 saturated carbocycles. The highest BCUT2D eigenvalue weighted by atomic mass is 32.2. The largest absolute Gasteiger partial charge is 0.497 e. The van der Waals surface area contributed by atoms with Crippen LogP contribution in [0.1, 0.15) is 23.0 Å². The Hall–Kier alpha value is -3.53. The molecule has 0 unspecified atom stereocenters. The predicted molar refractivity (Wildman–Crippen MR) is 124 cm³/mol. The van der Waals surface area contributed by atoms with Gasteiger partial charge >= 0.3 is 0 Å². The lowest BCUT2D eigenvalue weighted by atomic mass is 10.1. The summed E-state index contributed by atoms with van der Waals surface area (Å²) in [7, 11) is 1.49. The number of benzene rings is 2. The molecule has 1 N–H and O–H groups in total. The van der Waals surface area contributed by atoms with E-state index < -0.39 is 15.7 Å². The lowest BCUT2D eigenvalue weighted by Gasteiger charge is -2.13. The molecule has 2 aromatic carbocycles. The summed E-state index contributed by atoms with van der Waals surface area (Å²) in [6.45, 7) is 0. The number of sulfone groups is 1. The predicted octanol–water partition coefficient (Wildman–Crippen LogP) is 3.19. The molecular weight excluding hydrogens is 446 g/mol. The molecule has 3 aromatic rings. The van der Waals surface area contributed by atoms with Crippen LogP contribution in [-0.4, -0.2) is 56.9 Å². The summed E-state index contributed by atoms with van der Waals surface area (Å²) in [5.41, 5.74) is 2.09. The first-order valence-electron chi connectivity index (χ1n) is 10.3. The van der Waals surface area contributed by atoms with Crippen molar-refractivity contribution in [2.24, 2.45) is 0 Å². The first-order valence-corrected chi connectivity index (χ1v) is 12.1. The standard InChI is InChI=1S/C23H25N3O6S/c1-30-17-6-4-15(5-7-17)21-13-20(25-26(21)16-10-11-33(28,29)14-16)23(27)24-19-9-8-18(31-2)12-22(19)32-3/h4-9,12-13,16H,10-11,14H2,1-3H3,(H,24,27)/t16-/m1/s1. The minimum Gasteiger partial charge on any atom is -0.497 e. The van der Waals surface area contributed by atoms with Crippen LogP contribution < -0.4 is 19.5 Å². The van der Waals surface area contributed by atoms with Crippen molar-refractivity contribution in [1.82, 2.24) is 9.78 Å². The normalized spacial score (nSPS) is 16.9. The smallest absolute Gasteiger partial charge is 0.276 e. The molecule has 1 fully saturated rings. The van der Waals surface area contributed by atoms with E-state index in [1.54, 1.807) is 55.3 Å². The van der Waals surface area contributed by atoms with Crippen LogP contribution in [0, 0.1) is 0 Å². The summed E-state index contributed by atoms with van der Waals surface area (Å²) in [5.74, 6) is 1.39. The summed E-state index contributed by atoms with van der Waals surface area (Å²) in [6, 6.07) is 13.7. The van der Waals surface area contributed by atoms with Crippen molar-refractivity contribution in [2.75, 3.05) is 38.2 Å². The number of methoxy groups -OCH3 is 3. The topological polar surface area (TPSA) is 109 Å². The number of amides is 1. The fourth-order valence-electron chi connectivity index (χ4n) is 3.82. The average molecular weight is 472 g/mol. The molecule has 1 aromatic heterocycles. The third-order valence-corrected chi connectivity index (χ3v) is 7.32. The van der Waals surface area contributed by atoms with Gasteiger partial charge in [-0.2, -0.15) is 5.10 Å². The summed E-state index contributed by atoms with van der Waals surface area (Å²) < 4.78 is 41.6. The molecule has 1 aliphatic rings. The number of aromatic nitrogens is 2. The number of anilines is 1. The van der Waals surface area contributed by atoms with Crippen molar-refractivity contribution in [2.45, 2.75) is 12.5 Å². The molecule has 9 nitrogen and oxygen atoms in total. The minimum absolute atomic E-state index is 0.00873. The Balaban J connectivity index is 1.69. The maximum atomic E-state index is 13.1. The SMILES string of the molecule is COc1ccc(-c2cc(C(=O)Nc3ccc(OC)cc3OC)nn2[C@@H]2CCS(=O)(=O)C2)cc1. The fraction of sp³-hybridized carbons (Fsp3) is 0.304. The average Bonchev–Trinajstić information content (AvgIpc) is 3.42. The van der Waals surface area contributed by atoms with Gasteiger partial charge in [0.1, 0.15) is 17.2 Å². The second-order valence-corrected chi connectivity index (χ2v) is 9.89. The van der Waals surface area contributed by atoms with Crippen molar-refractivity contribution in [3.05, 3.63) is 54.2 Å². The van der Waals surface area contributed by atoms with Gasteiger partial charge in [0.15, 0.2) is 15.5 Å². The maximum Gasteiger partial charge on any atom is 0.276 e. The second-order valence-electron chi connectivity index (χ2n) is 7.67. The molecule has 10 heteroatoms. The quantitative estimate of drug-likeness (QED) is 0.564. The van der Waals surface area contributed by atoms with E-state index in [1.807, 2.05) is 12.1 Å². The Morgan fingerprint density at radius 3 is 2.30 bits per heavy atom. The monoisotopic (exact) mass is 471 g/mol. The van der Waals surface area contributed by atoms with Crippen LogP contribution in [0.4, 0.5) is 5.69 Å². The number of hydrogen-bond donors (Lipinski definition) is 1. The van der Waals surface area contributed by atoms with Gasteiger partial charge in [-0.3, -0.25) is 9.48 Å². The van der Waals surface area contributed by atoms with E-state index >= 15 is 0 Å². The van der Waals surface area contributed by atoms with E-state index in [4.69, 9.17) is 14.2 Å². The van der Waals surface area contributed by atoms with Gasteiger partial charge in [0, 0.05) is 11.6 Å². The second kappa shape index (κ2) is 9.14. The molecule has 1 aliphatic heterocycles. The van der Waals surface area contributed by atoms with Crippen LogP contribution in [0.3, 0.4) is 0 Å². The van der Waals surface area contributed by atoms with Crippen LogP contribution >= 0.6 is 0 Å². The van der Waals surface area contributed by atoms with E-state index in [2.05, 4.69) is 10.4 Å². The van der Waals surface area contributed by atoms with Crippen molar-refractivity contribution in [3.8, 4) is 28.5 Å². The maximum absolute atomic E-state index is 13.1. The molecule has 1 saturated heterocycles. The van der Waals surface area contributed by atoms with Gasteiger partial charge in [0.25, 0.3) is 5.91 Å². The van der Waals surface area contributed by atoms with Crippen molar-refractivity contribution >= 4 is 21.4 Å². The lowest BCUT2D eigenvalue weighted by Crippen LogP contribution is -2.17. The zero-order valence-corrected chi connectivity index (χ0v) is 19.4. The number of nitrogens with zero attached hydrogens (tertiary/aromatic N) is 2. The van der Waals surface area contributed by atoms with Crippen LogP contribution in [0.25, 0.3) is 11.3 Å². The third-order valence-electron chi connectivity index (χ3n) is 5.57. The Kier molecular flexibility index (Phi) is 6.28. The third kappa shape index (κ3) is 4.80. The van der Waals surface area contributed by atoms with E-state index in [0.29, 0.717) is 35.1 Å². The molecular formula is C23H25N3O6S. The number of hydrogen-bond acceptors (Lipinski definition) is 7. The molecule has 1 amide bonds. The van der Waals surface area contributed by atoms with Gasteiger partial charge < -0.3 is 19.5 Å².